The SMILES string of the molecule is CC[C@H](C)NC(=O)[C@H](CC)N(Cc1ccc(C)cc1)C(=O)CCCN(c1ccc2c(c1)OCO2)S(C)(=O)=O. The van der Waals surface area contributed by atoms with E-state index in [2.05, 4.69) is 5.32 Å². The molecule has 0 bridgehead atoms. The Balaban J connectivity index is 1.76. The molecule has 0 saturated heterocycles. The second-order valence-corrected chi connectivity index (χ2v) is 11.6. The molecule has 2 aromatic carbocycles. The lowest BCUT2D eigenvalue weighted by molar-refractivity contribution is -0.141. The van der Waals surface area contributed by atoms with Crippen LogP contribution in [0, 0.1) is 6.92 Å². The molecule has 208 valence electrons. The first-order valence-electron chi connectivity index (χ1n) is 13.1. The number of aryl methyl sites for hydroxylation is 1. The highest BCUT2D eigenvalue weighted by molar-refractivity contribution is 7.92. The van der Waals surface area contributed by atoms with E-state index in [1.807, 2.05) is 52.0 Å². The van der Waals surface area contributed by atoms with Crippen molar-refractivity contribution in [3.05, 3.63) is 53.6 Å². The van der Waals surface area contributed by atoms with Gasteiger partial charge in [0.25, 0.3) is 0 Å². The zero-order valence-corrected chi connectivity index (χ0v) is 23.7. The Morgan fingerprint density at radius 3 is 2.34 bits per heavy atom. The Kier molecular flexibility index (Phi) is 10.0. The predicted octanol–water partition coefficient (Wildman–Crippen LogP) is 3.99. The van der Waals surface area contributed by atoms with Crippen molar-refractivity contribution in [2.75, 3.05) is 23.9 Å². The number of carbonyl (C=O) groups excluding carboxylic acids is 2. The van der Waals surface area contributed by atoms with Gasteiger partial charge >= 0.3 is 0 Å². The maximum absolute atomic E-state index is 13.5. The Hall–Kier alpha value is -3.27. The number of fused-ring (bicyclic) bond motifs is 1. The number of sulfonamides is 1. The molecule has 0 aromatic heterocycles. The molecule has 0 spiro atoms. The van der Waals surface area contributed by atoms with Crippen LogP contribution in [0.4, 0.5) is 5.69 Å². The van der Waals surface area contributed by atoms with E-state index in [-0.39, 0.29) is 44.0 Å². The summed E-state index contributed by atoms with van der Waals surface area (Å²) >= 11 is 0. The van der Waals surface area contributed by atoms with Gasteiger partial charge in [0.1, 0.15) is 6.04 Å². The molecule has 2 amide bonds. The number of hydrogen-bond donors (Lipinski definition) is 1. The first kappa shape index (κ1) is 29.3. The molecule has 10 heteroatoms. The molecule has 3 rings (SSSR count). The van der Waals surface area contributed by atoms with Crippen LogP contribution >= 0.6 is 0 Å². The zero-order chi connectivity index (χ0) is 27.9. The highest BCUT2D eigenvalue weighted by Gasteiger charge is 2.29. The van der Waals surface area contributed by atoms with Crippen molar-refractivity contribution in [1.82, 2.24) is 10.2 Å². The number of nitrogens with one attached hydrogen (secondary N) is 1. The molecular weight excluding hydrogens is 506 g/mol. The van der Waals surface area contributed by atoms with Crippen LogP contribution in [-0.2, 0) is 26.2 Å². The van der Waals surface area contributed by atoms with E-state index in [4.69, 9.17) is 9.47 Å². The van der Waals surface area contributed by atoms with Crippen LogP contribution in [0.15, 0.2) is 42.5 Å². The summed E-state index contributed by atoms with van der Waals surface area (Å²) in [6.45, 7) is 8.31. The van der Waals surface area contributed by atoms with Crippen LogP contribution in [0.1, 0.15) is 57.6 Å². The molecule has 0 fully saturated rings. The lowest BCUT2D eigenvalue weighted by Gasteiger charge is -2.32. The molecular formula is C28H39N3O6S. The summed E-state index contributed by atoms with van der Waals surface area (Å²) in [5.74, 6) is 0.663. The third-order valence-corrected chi connectivity index (χ3v) is 7.85. The van der Waals surface area contributed by atoms with E-state index in [0.717, 1.165) is 23.8 Å². The zero-order valence-electron chi connectivity index (χ0n) is 22.9. The third-order valence-electron chi connectivity index (χ3n) is 6.66. The molecule has 0 saturated carbocycles. The molecule has 1 aliphatic heterocycles. The summed E-state index contributed by atoms with van der Waals surface area (Å²) < 4.78 is 37.2. The number of carbonyl (C=O) groups is 2. The highest BCUT2D eigenvalue weighted by atomic mass is 32.2. The quantitative estimate of drug-likeness (QED) is 0.408. The van der Waals surface area contributed by atoms with E-state index < -0.39 is 16.1 Å². The van der Waals surface area contributed by atoms with Crippen molar-refractivity contribution in [3.63, 3.8) is 0 Å². The monoisotopic (exact) mass is 545 g/mol. The molecule has 1 heterocycles. The molecule has 2 aromatic rings. The van der Waals surface area contributed by atoms with Gasteiger partial charge in [-0.25, -0.2) is 8.42 Å². The number of rotatable bonds is 13. The average molecular weight is 546 g/mol. The van der Waals surface area contributed by atoms with E-state index >= 15 is 0 Å². The van der Waals surface area contributed by atoms with Gasteiger partial charge in [0.05, 0.1) is 11.9 Å². The largest absolute Gasteiger partial charge is 0.454 e. The Labute approximate surface area is 226 Å². The van der Waals surface area contributed by atoms with E-state index in [1.54, 1.807) is 23.1 Å². The lowest BCUT2D eigenvalue weighted by Crippen LogP contribution is -2.50. The predicted molar refractivity (Wildman–Crippen MR) is 148 cm³/mol. The van der Waals surface area contributed by atoms with Crippen LogP contribution < -0.4 is 19.1 Å². The van der Waals surface area contributed by atoms with Crippen molar-refractivity contribution >= 4 is 27.5 Å². The van der Waals surface area contributed by atoms with E-state index in [0.29, 0.717) is 30.2 Å². The van der Waals surface area contributed by atoms with Gasteiger partial charge < -0.3 is 19.7 Å². The van der Waals surface area contributed by atoms with Crippen LogP contribution in [0.2, 0.25) is 0 Å². The van der Waals surface area contributed by atoms with Crippen LogP contribution in [0.3, 0.4) is 0 Å². The maximum atomic E-state index is 13.5. The fraction of sp³-hybridized carbons (Fsp3) is 0.500. The fourth-order valence-corrected chi connectivity index (χ4v) is 5.25. The van der Waals surface area contributed by atoms with Crippen molar-refractivity contribution < 1.29 is 27.5 Å². The number of anilines is 1. The molecule has 0 radical (unpaired) electrons. The van der Waals surface area contributed by atoms with Crippen molar-refractivity contribution in [3.8, 4) is 11.5 Å². The van der Waals surface area contributed by atoms with E-state index in [1.165, 1.54) is 4.31 Å². The van der Waals surface area contributed by atoms with Gasteiger partial charge in [-0.1, -0.05) is 43.7 Å². The summed E-state index contributed by atoms with van der Waals surface area (Å²) in [5, 5.41) is 3.00. The Morgan fingerprint density at radius 2 is 1.71 bits per heavy atom. The molecule has 9 nitrogen and oxygen atoms in total. The standard InChI is InChI=1S/C28H39N3O6S/c1-6-21(4)29-28(33)24(7-2)30(18-22-12-10-20(3)11-13-22)27(32)9-8-16-31(38(5,34)35)23-14-15-25-26(17-23)37-19-36-25/h10-15,17,21,24H,6-9,16,18-19H2,1-5H3,(H,29,33)/t21-,24-/m0/s1. The van der Waals surface area contributed by atoms with Crippen molar-refractivity contribution in [1.29, 1.82) is 0 Å². The number of hydrogen-bond acceptors (Lipinski definition) is 6. The third kappa shape index (κ3) is 7.63. The van der Waals surface area contributed by atoms with Gasteiger partial charge in [0, 0.05) is 31.6 Å². The summed E-state index contributed by atoms with van der Waals surface area (Å²) in [4.78, 5) is 28.3. The van der Waals surface area contributed by atoms with Gasteiger partial charge in [-0.05, 0) is 50.8 Å². The Morgan fingerprint density at radius 1 is 1.03 bits per heavy atom. The molecule has 38 heavy (non-hydrogen) atoms. The minimum Gasteiger partial charge on any atom is -0.454 e. The van der Waals surface area contributed by atoms with Gasteiger partial charge in [0.2, 0.25) is 28.6 Å². The normalized spacial score (nSPS) is 14.0. The van der Waals surface area contributed by atoms with Gasteiger partial charge in [-0.15, -0.1) is 0 Å². The highest BCUT2D eigenvalue weighted by Crippen LogP contribution is 2.36. The topological polar surface area (TPSA) is 105 Å². The lowest BCUT2D eigenvalue weighted by atomic mass is 10.1. The van der Waals surface area contributed by atoms with Crippen molar-refractivity contribution in [2.24, 2.45) is 0 Å². The molecule has 0 unspecified atom stereocenters. The summed E-state index contributed by atoms with van der Waals surface area (Å²) in [5.41, 5.74) is 2.48. The van der Waals surface area contributed by atoms with Crippen LogP contribution in [0.5, 0.6) is 11.5 Å². The minimum atomic E-state index is -3.61. The first-order chi connectivity index (χ1) is 18.0. The summed E-state index contributed by atoms with van der Waals surface area (Å²) in [7, 11) is -3.61. The first-order valence-corrected chi connectivity index (χ1v) is 14.9. The minimum absolute atomic E-state index is 0.00195. The van der Waals surface area contributed by atoms with Crippen LogP contribution in [0.25, 0.3) is 0 Å². The van der Waals surface area contributed by atoms with Crippen molar-refractivity contribution in [2.45, 2.75) is 72.0 Å². The molecule has 1 aliphatic rings. The number of ether oxygens (including phenoxy) is 2. The Bertz CT molecular complexity index is 1220. The summed E-state index contributed by atoms with van der Waals surface area (Å²) in [6, 6.07) is 12.2. The smallest absolute Gasteiger partial charge is 0.243 e. The van der Waals surface area contributed by atoms with Gasteiger partial charge in [-0.2, -0.15) is 0 Å². The average Bonchev–Trinajstić information content (AvgIpc) is 3.34. The number of nitrogens with zero attached hydrogens (tertiary/aromatic N) is 2. The second-order valence-electron chi connectivity index (χ2n) is 9.73. The summed E-state index contributed by atoms with van der Waals surface area (Å²) in [6.07, 6.45) is 2.76. The van der Waals surface area contributed by atoms with Gasteiger partial charge in [0.15, 0.2) is 11.5 Å². The van der Waals surface area contributed by atoms with Crippen LogP contribution in [-0.4, -0.2) is 56.8 Å². The number of amides is 2. The van der Waals surface area contributed by atoms with Gasteiger partial charge in [-0.3, -0.25) is 13.9 Å². The molecule has 2 atom stereocenters. The fourth-order valence-electron chi connectivity index (χ4n) is 4.30. The molecule has 1 N–H and O–H groups in total. The van der Waals surface area contributed by atoms with E-state index in [9.17, 15) is 18.0 Å². The number of benzene rings is 2. The second kappa shape index (κ2) is 13.0. The maximum Gasteiger partial charge on any atom is 0.243 e. The molecule has 0 aliphatic carbocycles.